The molecule has 1 atom stereocenters. The van der Waals surface area contributed by atoms with Gasteiger partial charge in [0.1, 0.15) is 16.0 Å². The Labute approximate surface area is 217 Å². The predicted octanol–water partition coefficient (Wildman–Crippen LogP) is 3.48. The van der Waals surface area contributed by atoms with Gasteiger partial charge in [-0.3, -0.25) is 14.2 Å². The molecule has 2 aromatic carbocycles. The molecule has 194 valence electrons. The van der Waals surface area contributed by atoms with Crippen LogP contribution >= 0.6 is 11.8 Å². The third-order valence-electron chi connectivity index (χ3n) is 6.24. The summed E-state index contributed by atoms with van der Waals surface area (Å²) >= 11 is 1.55. The third-order valence-corrected chi connectivity index (χ3v) is 9.16. The number of hydrogen-bond acceptors (Lipinski definition) is 9. The van der Waals surface area contributed by atoms with Crippen LogP contribution in [0.3, 0.4) is 0 Å². The van der Waals surface area contributed by atoms with Crippen LogP contribution in [0.15, 0.2) is 63.1 Å². The van der Waals surface area contributed by atoms with Crippen LogP contribution in [0, 0.1) is 0 Å². The number of methoxy groups -OCH3 is 1. The normalized spacial score (nSPS) is 16.6. The van der Waals surface area contributed by atoms with Crippen LogP contribution in [0.2, 0.25) is 0 Å². The number of benzene rings is 2. The number of carbonyl (C=O) groups excluding carboxylic acids is 1. The average Bonchev–Trinajstić information content (AvgIpc) is 3.34. The van der Waals surface area contributed by atoms with Crippen LogP contribution in [0.4, 0.5) is 0 Å². The van der Waals surface area contributed by atoms with Crippen LogP contribution in [0.25, 0.3) is 11.1 Å². The zero-order valence-corrected chi connectivity index (χ0v) is 21.8. The molecule has 0 bridgehead atoms. The monoisotopic (exact) mass is 533 g/mol. The molecule has 0 radical (unpaired) electrons. The Kier molecular flexibility index (Phi) is 9.38. The summed E-state index contributed by atoms with van der Waals surface area (Å²) in [6.07, 6.45) is 1.56. The van der Waals surface area contributed by atoms with Crippen LogP contribution in [-0.4, -0.2) is 75.7 Å². The van der Waals surface area contributed by atoms with Crippen molar-refractivity contribution < 1.29 is 28.1 Å². The van der Waals surface area contributed by atoms with E-state index in [2.05, 4.69) is 9.88 Å². The topological polar surface area (TPSA) is 114 Å². The molecule has 3 aromatic rings. The summed E-state index contributed by atoms with van der Waals surface area (Å²) in [6, 6.07) is 14.7. The van der Waals surface area contributed by atoms with Crippen molar-refractivity contribution >= 4 is 39.6 Å². The number of para-hydroxylation sites is 2. The Morgan fingerprint density at radius 3 is 2.64 bits per heavy atom. The van der Waals surface area contributed by atoms with Crippen molar-refractivity contribution in [3.63, 3.8) is 0 Å². The number of carbonyl (C=O) groups is 1. The van der Waals surface area contributed by atoms with Gasteiger partial charge in [-0.05, 0) is 55.7 Å². The highest BCUT2D eigenvalue weighted by molar-refractivity contribution is 7.99. The van der Waals surface area contributed by atoms with Crippen LogP contribution in [0.1, 0.15) is 19.3 Å². The number of aromatic nitrogens is 1. The van der Waals surface area contributed by atoms with Gasteiger partial charge in [-0.25, -0.2) is 10.5 Å². The first-order valence-electron chi connectivity index (χ1n) is 11.8. The van der Waals surface area contributed by atoms with Crippen molar-refractivity contribution in [3.8, 4) is 5.75 Å². The fourth-order valence-electron chi connectivity index (χ4n) is 4.16. The second-order valence-corrected chi connectivity index (χ2v) is 11.3. The maximum Gasteiger partial charge on any atom is 0.262 e. The highest BCUT2D eigenvalue weighted by Gasteiger charge is 2.47. The second kappa shape index (κ2) is 12.7. The van der Waals surface area contributed by atoms with E-state index in [4.69, 9.17) is 13.9 Å². The quantitative estimate of drug-likeness (QED) is 0.156. The van der Waals surface area contributed by atoms with E-state index in [0.29, 0.717) is 55.0 Å². The lowest BCUT2D eigenvalue weighted by atomic mass is 9.95. The second-order valence-electron chi connectivity index (χ2n) is 8.51. The summed E-state index contributed by atoms with van der Waals surface area (Å²) in [5.74, 6) is 0.858. The van der Waals surface area contributed by atoms with Gasteiger partial charge in [0, 0.05) is 37.4 Å². The number of nitrogens with one attached hydrogen (secondary N) is 1. The van der Waals surface area contributed by atoms with Gasteiger partial charge in [-0.15, -0.1) is 0 Å². The Bertz CT molecular complexity index is 1130. The molecule has 2 N–H and O–H groups in total. The Morgan fingerprint density at radius 2 is 1.94 bits per heavy atom. The van der Waals surface area contributed by atoms with E-state index in [-0.39, 0.29) is 0 Å². The number of fused-ring (bicyclic) bond motifs is 1. The molecule has 0 spiro atoms. The van der Waals surface area contributed by atoms with E-state index in [1.165, 1.54) is 0 Å². The van der Waals surface area contributed by atoms with Crippen molar-refractivity contribution in [1.29, 1.82) is 0 Å². The SMILES string of the molecule is COCCN1CCC(C(=O)NO)(S(=O)c2ccc(OCCCSc3nc4ccccc4o3)cc2)CC1. The molecule has 1 aliphatic rings. The zero-order valence-electron chi connectivity index (χ0n) is 20.2. The van der Waals surface area contributed by atoms with Crippen molar-refractivity contribution in [2.75, 3.05) is 45.7 Å². The molecule has 2 heterocycles. The summed E-state index contributed by atoms with van der Waals surface area (Å²) in [7, 11) is 0.0171. The largest absolute Gasteiger partial charge is 0.494 e. The first-order valence-corrected chi connectivity index (χ1v) is 14.0. The predicted molar refractivity (Wildman–Crippen MR) is 138 cm³/mol. The van der Waals surface area contributed by atoms with E-state index in [0.717, 1.165) is 29.8 Å². The van der Waals surface area contributed by atoms with Gasteiger partial charge in [-0.1, -0.05) is 23.9 Å². The number of oxazole rings is 1. The van der Waals surface area contributed by atoms with Gasteiger partial charge in [0.15, 0.2) is 5.58 Å². The maximum absolute atomic E-state index is 13.5. The van der Waals surface area contributed by atoms with E-state index in [1.54, 1.807) is 48.6 Å². The van der Waals surface area contributed by atoms with Crippen molar-refractivity contribution in [2.45, 2.75) is 34.1 Å². The molecular formula is C25H31N3O6S2. The van der Waals surface area contributed by atoms with Gasteiger partial charge in [0.05, 0.1) is 24.0 Å². The summed E-state index contributed by atoms with van der Waals surface area (Å²) < 4.78 is 29.0. The molecule has 9 nitrogen and oxygen atoms in total. The maximum atomic E-state index is 13.5. The minimum Gasteiger partial charge on any atom is -0.494 e. The van der Waals surface area contributed by atoms with E-state index >= 15 is 0 Å². The summed E-state index contributed by atoms with van der Waals surface area (Å²) in [5, 5.41) is 10.00. The molecule has 36 heavy (non-hydrogen) atoms. The Hall–Kier alpha value is -2.44. The number of rotatable bonds is 12. The van der Waals surface area contributed by atoms with Gasteiger partial charge in [-0.2, -0.15) is 0 Å². The number of likely N-dealkylation sites (tertiary alicyclic amines) is 1. The van der Waals surface area contributed by atoms with Gasteiger partial charge >= 0.3 is 0 Å². The van der Waals surface area contributed by atoms with E-state index in [1.807, 2.05) is 24.3 Å². The lowest BCUT2D eigenvalue weighted by Gasteiger charge is -2.39. The van der Waals surface area contributed by atoms with Crippen molar-refractivity contribution in [1.82, 2.24) is 15.4 Å². The molecule has 1 aromatic heterocycles. The molecule has 0 saturated carbocycles. The molecule has 1 unspecified atom stereocenters. The first-order chi connectivity index (χ1) is 17.6. The summed E-state index contributed by atoms with van der Waals surface area (Å²) in [6.45, 7) is 3.07. The fourth-order valence-corrected chi connectivity index (χ4v) is 6.51. The van der Waals surface area contributed by atoms with Crippen molar-refractivity contribution in [2.24, 2.45) is 0 Å². The van der Waals surface area contributed by atoms with Gasteiger partial charge in [0.2, 0.25) is 0 Å². The van der Waals surface area contributed by atoms with Crippen molar-refractivity contribution in [3.05, 3.63) is 48.5 Å². The number of hydrogen-bond donors (Lipinski definition) is 2. The van der Waals surface area contributed by atoms with Crippen LogP contribution in [0.5, 0.6) is 5.75 Å². The molecule has 4 rings (SSSR count). The Balaban J connectivity index is 1.27. The number of ether oxygens (including phenoxy) is 2. The summed E-state index contributed by atoms with van der Waals surface area (Å²) in [4.78, 5) is 19.8. The number of piperidine rings is 1. The molecule has 1 saturated heterocycles. The fraction of sp³-hybridized carbons (Fsp3) is 0.440. The highest BCUT2D eigenvalue weighted by atomic mass is 32.2. The van der Waals surface area contributed by atoms with Gasteiger partial charge in [0.25, 0.3) is 11.1 Å². The van der Waals surface area contributed by atoms with Gasteiger partial charge < -0.3 is 18.8 Å². The lowest BCUT2D eigenvalue weighted by Crippen LogP contribution is -2.56. The molecule has 11 heteroatoms. The number of amides is 1. The minimum atomic E-state index is -1.63. The zero-order chi connectivity index (χ0) is 25.4. The summed E-state index contributed by atoms with van der Waals surface area (Å²) in [5.41, 5.74) is 3.37. The van der Waals surface area contributed by atoms with E-state index < -0.39 is 21.5 Å². The first kappa shape index (κ1) is 26.6. The number of thioether (sulfide) groups is 1. The lowest BCUT2D eigenvalue weighted by molar-refractivity contribution is -0.133. The third kappa shape index (κ3) is 6.27. The Morgan fingerprint density at radius 1 is 1.19 bits per heavy atom. The molecular weight excluding hydrogens is 502 g/mol. The minimum absolute atomic E-state index is 0.381. The highest BCUT2D eigenvalue weighted by Crippen LogP contribution is 2.33. The molecule has 1 aliphatic heterocycles. The average molecular weight is 534 g/mol. The molecule has 1 fully saturated rings. The molecule has 0 aliphatic carbocycles. The standard InChI is InChI=1S/C25H31N3O6S2/c1-32-17-15-28-13-11-25(12-14-28,23(29)27-30)36(31)20-9-7-19(8-10-20)33-16-4-18-35-24-26-21-5-2-3-6-22(21)34-24/h2-3,5-10,30H,4,11-18H2,1H3,(H,27,29). The smallest absolute Gasteiger partial charge is 0.262 e. The van der Waals surface area contributed by atoms with E-state index in [9.17, 15) is 14.2 Å². The van der Waals surface area contributed by atoms with Crippen LogP contribution < -0.4 is 10.2 Å². The molecule has 1 amide bonds. The number of hydroxylamine groups is 1. The van der Waals surface area contributed by atoms with Crippen LogP contribution in [-0.2, 0) is 20.3 Å². The number of nitrogens with zero attached hydrogens (tertiary/aromatic N) is 2.